The number of hydrogen-bond acceptors (Lipinski definition) is 4. The van der Waals surface area contributed by atoms with Gasteiger partial charge in [0.05, 0.1) is 17.8 Å². The predicted octanol–water partition coefficient (Wildman–Crippen LogP) is 3.42. The van der Waals surface area contributed by atoms with Gasteiger partial charge >= 0.3 is 0 Å². The monoisotopic (exact) mass is 262 g/mol. The van der Waals surface area contributed by atoms with Gasteiger partial charge in [0.2, 0.25) is 0 Å². The van der Waals surface area contributed by atoms with Gasteiger partial charge in [-0.3, -0.25) is 0 Å². The third kappa shape index (κ3) is 3.23. The molecule has 96 valence electrons. The topological polar surface area (TPSA) is 34.1 Å². The Hall–Kier alpha value is -1.55. The first-order chi connectivity index (χ1) is 8.69. The Morgan fingerprint density at radius 2 is 1.94 bits per heavy atom. The molecular formula is C14H18N2OS. The molecule has 3 nitrogen and oxygen atoms in total. The van der Waals surface area contributed by atoms with E-state index in [1.54, 1.807) is 18.4 Å². The number of methoxy groups -OCH3 is 1. The fourth-order valence-electron chi connectivity index (χ4n) is 1.67. The highest BCUT2D eigenvalue weighted by molar-refractivity contribution is 7.11. The maximum absolute atomic E-state index is 5.12. The minimum atomic E-state index is 0.881. The van der Waals surface area contributed by atoms with Gasteiger partial charge in [0, 0.05) is 23.5 Å². The number of aromatic nitrogens is 1. The van der Waals surface area contributed by atoms with Crippen molar-refractivity contribution in [3.05, 3.63) is 39.8 Å². The Morgan fingerprint density at radius 3 is 2.50 bits per heavy atom. The number of nitrogens with zero attached hydrogens (tertiary/aromatic N) is 1. The molecule has 4 heteroatoms. The predicted molar refractivity (Wildman–Crippen MR) is 76.8 cm³/mol. The minimum Gasteiger partial charge on any atom is -0.497 e. The standard InChI is InChI=1S/C14H18N2OS/c1-10-11(2)18-14(16-10)8-9-15-12-4-6-13(17-3)7-5-12/h4-7,15H,8-9H2,1-3H3. The highest BCUT2D eigenvalue weighted by Gasteiger charge is 2.03. The van der Waals surface area contributed by atoms with Crippen LogP contribution < -0.4 is 10.1 Å². The third-order valence-corrected chi connectivity index (χ3v) is 3.96. The molecule has 0 amide bonds. The second-order valence-corrected chi connectivity index (χ2v) is 5.44. The molecule has 0 radical (unpaired) electrons. The van der Waals surface area contributed by atoms with Crippen molar-refractivity contribution in [1.29, 1.82) is 0 Å². The Kier molecular flexibility index (Phi) is 4.20. The number of nitrogens with one attached hydrogen (secondary N) is 1. The summed E-state index contributed by atoms with van der Waals surface area (Å²) in [7, 11) is 1.68. The zero-order valence-corrected chi connectivity index (χ0v) is 11.8. The molecule has 18 heavy (non-hydrogen) atoms. The van der Waals surface area contributed by atoms with E-state index in [0.29, 0.717) is 0 Å². The van der Waals surface area contributed by atoms with Crippen LogP contribution in [0.25, 0.3) is 0 Å². The van der Waals surface area contributed by atoms with E-state index in [9.17, 15) is 0 Å². The van der Waals surface area contributed by atoms with Crippen molar-refractivity contribution in [3.63, 3.8) is 0 Å². The number of benzene rings is 1. The molecule has 0 aliphatic rings. The molecular weight excluding hydrogens is 244 g/mol. The van der Waals surface area contributed by atoms with E-state index in [4.69, 9.17) is 4.74 Å². The van der Waals surface area contributed by atoms with E-state index in [1.807, 2.05) is 24.3 Å². The van der Waals surface area contributed by atoms with Crippen molar-refractivity contribution in [2.24, 2.45) is 0 Å². The summed E-state index contributed by atoms with van der Waals surface area (Å²) in [6.45, 7) is 5.08. The first-order valence-electron chi connectivity index (χ1n) is 6.00. The molecule has 0 atom stereocenters. The number of aryl methyl sites for hydroxylation is 2. The number of ether oxygens (including phenoxy) is 1. The summed E-state index contributed by atoms with van der Waals surface area (Å²) in [5, 5.41) is 4.58. The lowest BCUT2D eigenvalue weighted by molar-refractivity contribution is 0.415. The van der Waals surface area contributed by atoms with Crippen molar-refractivity contribution in [3.8, 4) is 5.75 Å². The fourth-order valence-corrected chi connectivity index (χ4v) is 2.60. The number of rotatable bonds is 5. The van der Waals surface area contributed by atoms with Crippen LogP contribution in [-0.2, 0) is 6.42 Å². The van der Waals surface area contributed by atoms with Crippen LogP contribution in [-0.4, -0.2) is 18.6 Å². The number of thiazole rings is 1. The summed E-state index contributed by atoms with van der Waals surface area (Å²) < 4.78 is 5.12. The van der Waals surface area contributed by atoms with Crippen LogP contribution in [0.3, 0.4) is 0 Å². The van der Waals surface area contributed by atoms with Gasteiger partial charge < -0.3 is 10.1 Å². The van der Waals surface area contributed by atoms with Crippen LogP contribution in [0.1, 0.15) is 15.6 Å². The fraction of sp³-hybridized carbons (Fsp3) is 0.357. The zero-order chi connectivity index (χ0) is 13.0. The molecule has 0 aliphatic carbocycles. The maximum atomic E-state index is 5.12. The SMILES string of the molecule is COc1ccc(NCCc2nc(C)c(C)s2)cc1. The summed E-state index contributed by atoms with van der Waals surface area (Å²) in [5.74, 6) is 0.881. The smallest absolute Gasteiger partial charge is 0.119 e. The summed E-state index contributed by atoms with van der Waals surface area (Å²) in [5.41, 5.74) is 2.26. The van der Waals surface area contributed by atoms with Gasteiger partial charge in [-0.25, -0.2) is 4.98 Å². The van der Waals surface area contributed by atoms with Gasteiger partial charge in [-0.05, 0) is 38.1 Å². The Balaban J connectivity index is 1.84. The first-order valence-corrected chi connectivity index (χ1v) is 6.81. The number of anilines is 1. The average molecular weight is 262 g/mol. The molecule has 2 aromatic rings. The van der Waals surface area contributed by atoms with E-state index >= 15 is 0 Å². The molecule has 0 bridgehead atoms. The Bertz CT molecular complexity index is 486. The van der Waals surface area contributed by atoms with Gasteiger partial charge in [0.15, 0.2) is 0 Å². The Morgan fingerprint density at radius 1 is 1.22 bits per heavy atom. The summed E-state index contributed by atoms with van der Waals surface area (Å²) >= 11 is 1.78. The average Bonchev–Trinajstić information content (AvgIpc) is 2.69. The van der Waals surface area contributed by atoms with Gasteiger partial charge in [-0.2, -0.15) is 0 Å². The van der Waals surface area contributed by atoms with E-state index in [0.717, 1.165) is 30.1 Å². The second-order valence-electron chi connectivity index (χ2n) is 4.15. The largest absolute Gasteiger partial charge is 0.497 e. The molecule has 2 rings (SSSR count). The Labute approximate surface area is 112 Å². The normalized spacial score (nSPS) is 10.4. The van der Waals surface area contributed by atoms with E-state index in [-0.39, 0.29) is 0 Å². The van der Waals surface area contributed by atoms with Crippen LogP contribution in [0.15, 0.2) is 24.3 Å². The highest BCUT2D eigenvalue weighted by Crippen LogP contribution is 2.18. The van der Waals surface area contributed by atoms with E-state index in [2.05, 4.69) is 24.1 Å². The van der Waals surface area contributed by atoms with E-state index < -0.39 is 0 Å². The van der Waals surface area contributed by atoms with E-state index in [1.165, 1.54) is 9.88 Å². The van der Waals surface area contributed by atoms with Gasteiger partial charge in [0.25, 0.3) is 0 Å². The molecule has 1 aromatic heterocycles. The molecule has 1 heterocycles. The molecule has 1 N–H and O–H groups in total. The lowest BCUT2D eigenvalue weighted by Crippen LogP contribution is -2.04. The van der Waals surface area contributed by atoms with Crippen LogP contribution >= 0.6 is 11.3 Å². The van der Waals surface area contributed by atoms with Crippen molar-refractivity contribution in [2.45, 2.75) is 20.3 Å². The zero-order valence-electron chi connectivity index (χ0n) is 11.0. The summed E-state index contributed by atoms with van der Waals surface area (Å²) in [6.07, 6.45) is 0.964. The summed E-state index contributed by atoms with van der Waals surface area (Å²) in [4.78, 5) is 5.84. The van der Waals surface area contributed by atoms with Crippen molar-refractivity contribution in [2.75, 3.05) is 19.0 Å². The van der Waals surface area contributed by atoms with Gasteiger partial charge in [-0.15, -0.1) is 11.3 Å². The molecule has 0 saturated heterocycles. The molecule has 0 aliphatic heterocycles. The quantitative estimate of drug-likeness (QED) is 0.896. The minimum absolute atomic E-state index is 0.881. The van der Waals surface area contributed by atoms with Gasteiger partial charge in [-0.1, -0.05) is 0 Å². The highest BCUT2D eigenvalue weighted by atomic mass is 32.1. The van der Waals surface area contributed by atoms with Crippen LogP contribution in [0.4, 0.5) is 5.69 Å². The first kappa shape index (κ1) is 12.9. The van der Waals surface area contributed by atoms with Crippen LogP contribution in [0.5, 0.6) is 5.75 Å². The third-order valence-electron chi connectivity index (χ3n) is 2.83. The lowest BCUT2D eigenvalue weighted by atomic mass is 10.3. The molecule has 0 spiro atoms. The summed E-state index contributed by atoms with van der Waals surface area (Å²) in [6, 6.07) is 7.97. The van der Waals surface area contributed by atoms with Crippen molar-refractivity contribution in [1.82, 2.24) is 4.98 Å². The van der Waals surface area contributed by atoms with Crippen molar-refractivity contribution < 1.29 is 4.74 Å². The number of hydrogen-bond donors (Lipinski definition) is 1. The van der Waals surface area contributed by atoms with Crippen LogP contribution in [0.2, 0.25) is 0 Å². The molecule has 0 saturated carbocycles. The molecule has 0 unspecified atom stereocenters. The second kappa shape index (κ2) is 5.87. The van der Waals surface area contributed by atoms with Crippen LogP contribution in [0, 0.1) is 13.8 Å². The lowest BCUT2D eigenvalue weighted by Gasteiger charge is -2.06. The van der Waals surface area contributed by atoms with Crippen molar-refractivity contribution >= 4 is 17.0 Å². The maximum Gasteiger partial charge on any atom is 0.119 e. The molecule has 1 aromatic carbocycles. The van der Waals surface area contributed by atoms with Gasteiger partial charge in [0.1, 0.15) is 5.75 Å². The molecule has 0 fully saturated rings.